The van der Waals surface area contributed by atoms with Crippen molar-refractivity contribution in [3.05, 3.63) is 0 Å². The molecule has 0 aromatic heterocycles. The molecular weight excluding hydrogens is 1670 g/mol. The predicted molar refractivity (Wildman–Crippen MR) is 605 cm³/mol. The van der Waals surface area contributed by atoms with Gasteiger partial charge in [-0.05, 0) is 77.0 Å². The number of hydrogen-bond acceptors (Lipinski definition) is 2. The van der Waals surface area contributed by atoms with Crippen molar-refractivity contribution >= 4 is 27.8 Å². The summed E-state index contributed by atoms with van der Waals surface area (Å²) in [5, 5.41) is 14.8. The summed E-state index contributed by atoms with van der Waals surface area (Å²) in [6.45, 7) is 16.1. The Morgan fingerprint density at radius 3 is 0.221 bits per heavy atom. The fraction of sp³-hybridized carbons (Fsp3) is 0.984. The van der Waals surface area contributed by atoms with E-state index in [1.807, 2.05) is 0 Å². The molecule has 0 aliphatic heterocycles. The van der Waals surface area contributed by atoms with E-state index in [1.54, 1.807) is 75.5 Å². The first-order valence-electron chi connectivity index (χ1n) is 62.2. The average Bonchev–Trinajstić information content (AvgIpc) is 0.996. The quantitative estimate of drug-likeness (QED) is 0.0362. The van der Waals surface area contributed by atoms with E-state index < -0.39 is 11.9 Å². The normalized spacial score (nSPS) is 11.4. The maximum atomic E-state index is 9.00. The number of aliphatic carboxylic acids is 2. The Morgan fingerprint density at radius 1 is 0.122 bits per heavy atom. The first-order valence-corrected chi connectivity index (χ1v) is 66.5. The van der Waals surface area contributed by atoms with Gasteiger partial charge in [-0.25, -0.2) is 0 Å². The molecule has 0 amide bonds. The Kier molecular flexibility index (Phi) is 146. The van der Waals surface area contributed by atoms with Gasteiger partial charge in [0.2, 0.25) is 0 Å². The summed E-state index contributed by atoms with van der Waals surface area (Å²) in [7, 11) is -0.216. The van der Waals surface area contributed by atoms with Gasteiger partial charge in [-0.3, -0.25) is 9.59 Å². The van der Waals surface area contributed by atoms with Crippen molar-refractivity contribution < 1.29 is 36.3 Å². The molecule has 0 spiro atoms. The Morgan fingerprint density at radius 2 is 0.168 bits per heavy atom. The Bertz CT molecular complexity index is 1570. The first-order chi connectivity index (χ1) is 64.2. The van der Waals surface area contributed by atoms with Crippen LogP contribution in [-0.4, -0.2) is 59.1 Å². The van der Waals surface area contributed by atoms with Crippen molar-refractivity contribution in [2.45, 2.75) is 749 Å². The van der Waals surface area contributed by atoms with Crippen molar-refractivity contribution in [2.24, 2.45) is 0 Å². The van der Waals surface area contributed by atoms with Crippen LogP contribution >= 0.6 is 15.8 Å². The molecule has 0 saturated heterocycles. The summed E-state index contributed by atoms with van der Waals surface area (Å²) < 4.78 is 0. The van der Waals surface area contributed by atoms with Crippen LogP contribution in [0.15, 0.2) is 0 Å². The van der Waals surface area contributed by atoms with E-state index in [1.165, 1.54) is 655 Å². The molecule has 0 bridgehead atoms. The Balaban J connectivity index is -0.000000740. The van der Waals surface area contributed by atoms with Gasteiger partial charge in [0.25, 0.3) is 11.9 Å². The maximum absolute atomic E-state index is 9.00. The van der Waals surface area contributed by atoms with Gasteiger partial charge in [-0.1, -0.05) is 658 Å². The number of rotatable bonds is 114. The number of hydrogen-bond donors (Lipinski definition) is 2. The largest absolute Gasteiger partial charge is 0.481 e. The molecule has 0 unspecified atom stereocenters. The molecule has 0 aliphatic rings. The van der Waals surface area contributed by atoms with E-state index in [0.717, 1.165) is 13.8 Å². The number of carboxylic acid groups (broad SMARTS) is 2. The van der Waals surface area contributed by atoms with Crippen molar-refractivity contribution in [1.29, 1.82) is 0 Å². The van der Waals surface area contributed by atoms with Gasteiger partial charge in [0.15, 0.2) is 0 Å². The van der Waals surface area contributed by atoms with E-state index >= 15 is 0 Å². The van der Waals surface area contributed by atoms with Crippen LogP contribution in [0.5, 0.6) is 0 Å². The van der Waals surface area contributed by atoms with Crippen LogP contribution in [0.2, 0.25) is 0 Å². The van der Waals surface area contributed by atoms with Crippen LogP contribution in [0.3, 0.4) is 0 Å². The maximum Gasteiger partial charge on any atom is 0.300 e. The summed E-state index contributed by atoms with van der Waals surface area (Å²) in [6, 6.07) is 0. The molecule has 0 aromatic carbocycles. The molecule has 0 heterocycles. The number of carboxylic acids is 2. The standard InChI is InChI=1S/2C60H123P.2C2H4O2.Ni/c2*1-4-7-10-13-16-19-22-25-28-31-34-37-40-43-46-49-52-55-58-61(59-56-53-50-47-44-41-38-35-32-29-26-23-20-17-14-11-8-5-2)60-57-54-51-48-45-42-39-36-33-30-27-24-21-18-15-12-9-6-3;2*1-2(3)4;/h2*4-60H2,1-3H3;2*1H3,(H,3,4);/p+2. The molecule has 794 valence electrons. The summed E-state index contributed by atoms with van der Waals surface area (Å²) >= 11 is 0. The van der Waals surface area contributed by atoms with Gasteiger partial charge in [0.05, 0.1) is 37.0 Å². The van der Waals surface area contributed by atoms with Crippen LogP contribution in [0.4, 0.5) is 0 Å². The molecule has 0 atom stereocenters. The zero-order valence-electron chi connectivity index (χ0n) is 92.6. The molecule has 4 nitrogen and oxygen atoms in total. The average molecular weight is 1930 g/mol. The zero-order chi connectivity index (χ0) is 94.9. The van der Waals surface area contributed by atoms with Gasteiger partial charge >= 0.3 is 0 Å². The molecule has 0 radical (unpaired) electrons. The van der Waals surface area contributed by atoms with Crippen molar-refractivity contribution in [3.63, 3.8) is 0 Å². The van der Waals surface area contributed by atoms with Crippen LogP contribution < -0.4 is 0 Å². The number of carbonyl (C=O) groups is 2. The minimum Gasteiger partial charge on any atom is -0.481 e. The van der Waals surface area contributed by atoms with Gasteiger partial charge in [-0.2, -0.15) is 0 Å². The molecular formula is C124H256NiO4P2+2. The Hall–Kier alpha value is 0.294. The van der Waals surface area contributed by atoms with Crippen molar-refractivity contribution in [2.75, 3.05) is 37.0 Å². The zero-order valence-corrected chi connectivity index (χ0v) is 95.6. The predicted octanol–water partition coefficient (Wildman–Crippen LogP) is 46.8. The van der Waals surface area contributed by atoms with Crippen LogP contribution in [0, 0.1) is 0 Å². The molecule has 7 heteroatoms. The Labute approximate surface area is 844 Å². The van der Waals surface area contributed by atoms with E-state index in [4.69, 9.17) is 19.8 Å². The van der Waals surface area contributed by atoms with Crippen LogP contribution in [-0.2, 0) is 26.1 Å². The topological polar surface area (TPSA) is 74.6 Å². The minimum absolute atomic E-state index is 0. The fourth-order valence-electron chi connectivity index (χ4n) is 20.4. The third-order valence-corrected chi connectivity index (χ3v) is 35.7. The molecule has 131 heavy (non-hydrogen) atoms. The van der Waals surface area contributed by atoms with E-state index in [-0.39, 0.29) is 32.3 Å². The van der Waals surface area contributed by atoms with E-state index in [2.05, 4.69) is 41.5 Å². The summed E-state index contributed by atoms with van der Waals surface area (Å²) in [4.78, 5) is 18.0. The second-order valence-electron chi connectivity index (χ2n) is 43.1. The van der Waals surface area contributed by atoms with Crippen LogP contribution in [0.25, 0.3) is 0 Å². The van der Waals surface area contributed by atoms with Crippen molar-refractivity contribution in [1.82, 2.24) is 0 Å². The second-order valence-corrected chi connectivity index (χ2v) is 49.1. The summed E-state index contributed by atoms with van der Waals surface area (Å²) in [5.41, 5.74) is 0. The van der Waals surface area contributed by atoms with Gasteiger partial charge in [0.1, 0.15) is 0 Å². The van der Waals surface area contributed by atoms with Crippen molar-refractivity contribution in [3.8, 4) is 0 Å². The van der Waals surface area contributed by atoms with Crippen LogP contribution in [0.1, 0.15) is 749 Å². The van der Waals surface area contributed by atoms with Gasteiger partial charge < -0.3 is 10.2 Å². The van der Waals surface area contributed by atoms with E-state index in [0.29, 0.717) is 0 Å². The SMILES string of the molecule is CC(=O)O.CC(=O)O.CCCCCCCCCCCCCCCCCCCC[PH+](CCCCCCCCCCCCCCCCCCCC)CCCCCCCCCCCCCCCCCCCC.CCCCCCCCCCCCCCCCCCCC[PH+](CCCCCCCCCCCCCCCCCCCC)CCCCCCCCCCCCCCCCCCCC.[Ni]. The molecule has 0 saturated carbocycles. The molecule has 0 aliphatic carbocycles. The van der Waals surface area contributed by atoms with E-state index in [9.17, 15) is 0 Å². The molecule has 0 rings (SSSR count). The summed E-state index contributed by atoms with van der Waals surface area (Å²) in [6.07, 6.45) is 171. The van der Waals surface area contributed by atoms with Gasteiger partial charge in [0, 0.05) is 46.2 Å². The molecule has 0 aromatic rings. The smallest absolute Gasteiger partial charge is 0.300 e. The first kappa shape index (κ1) is 140. The second kappa shape index (κ2) is 137. The minimum atomic E-state index is -0.833. The van der Waals surface area contributed by atoms with Gasteiger partial charge in [-0.15, -0.1) is 0 Å². The third kappa shape index (κ3) is 148. The molecule has 0 fully saturated rings. The number of unbranched alkanes of at least 4 members (excludes halogenated alkanes) is 102. The third-order valence-electron chi connectivity index (χ3n) is 29.3. The fourth-order valence-corrected chi connectivity index (χ4v) is 26.4. The summed E-state index contributed by atoms with van der Waals surface area (Å²) in [5.74, 6) is -1.67. The molecule has 2 N–H and O–H groups in total. The monoisotopic (exact) mass is 1930 g/mol.